The van der Waals surface area contributed by atoms with Crippen LogP contribution in [0.2, 0.25) is 0 Å². The zero-order chi connectivity index (χ0) is 14.0. The lowest BCUT2D eigenvalue weighted by Gasteiger charge is -2.37. The molecule has 1 aromatic carbocycles. The van der Waals surface area contributed by atoms with Crippen molar-refractivity contribution in [2.75, 3.05) is 24.4 Å². The molecule has 0 N–H and O–H groups in total. The molecule has 1 spiro atoms. The molecule has 2 aliphatic heterocycles. The fraction of sp³-hybridized carbons (Fsp3) is 0.562. The van der Waals surface area contributed by atoms with Crippen LogP contribution in [0.1, 0.15) is 29.6 Å². The predicted octanol–water partition coefficient (Wildman–Crippen LogP) is 3.89. The minimum absolute atomic E-state index is 0.0163. The van der Waals surface area contributed by atoms with Gasteiger partial charge in [-0.25, -0.2) is 0 Å². The van der Waals surface area contributed by atoms with Crippen molar-refractivity contribution in [2.45, 2.75) is 29.8 Å². The van der Waals surface area contributed by atoms with Gasteiger partial charge in [0.25, 0.3) is 0 Å². The van der Waals surface area contributed by atoms with E-state index in [0.717, 1.165) is 42.1 Å². The first kappa shape index (κ1) is 14.5. The fourth-order valence-corrected chi connectivity index (χ4v) is 5.16. The number of hydrogen-bond donors (Lipinski definition) is 0. The van der Waals surface area contributed by atoms with Crippen LogP contribution >= 0.6 is 23.5 Å². The summed E-state index contributed by atoms with van der Waals surface area (Å²) in [5.74, 6) is 2.67. The molecule has 0 aromatic heterocycles. The number of thioether (sulfide) groups is 2. The normalized spacial score (nSPS) is 29.8. The van der Waals surface area contributed by atoms with Crippen LogP contribution in [0.4, 0.5) is 0 Å². The highest BCUT2D eigenvalue weighted by molar-refractivity contribution is 7.99. The molecule has 2 aliphatic rings. The third-order valence-corrected chi connectivity index (χ3v) is 6.32. The quantitative estimate of drug-likeness (QED) is 0.625. The first-order valence-corrected chi connectivity index (χ1v) is 9.51. The molecular weight excluding hydrogens is 288 g/mol. The summed E-state index contributed by atoms with van der Waals surface area (Å²) in [7, 11) is 0. The molecule has 0 amide bonds. The Morgan fingerprint density at radius 1 is 1.45 bits per heavy atom. The van der Waals surface area contributed by atoms with Crippen LogP contribution in [0.5, 0.6) is 0 Å². The van der Waals surface area contributed by atoms with Gasteiger partial charge >= 0.3 is 0 Å². The lowest BCUT2D eigenvalue weighted by atomic mass is 9.81. The molecule has 108 valence electrons. The second kappa shape index (κ2) is 6.12. The largest absolute Gasteiger partial charge is 0.374 e. The van der Waals surface area contributed by atoms with Gasteiger partial charge in [-0.05, 0) is 37.3 Å². The highest BCUT2D eigenvalue weighted by Gasteiger charge is 2.42. The smallest absolute Gasteiger partial charge is 0.167 e. The number of carbonyl (C=O) groups is 1. The highest BCUT2D eigenvalue weighted by atomic mass is 32.2. The van der Waals surface area contributed by atoms with Crippen LogP contribution < -0.4 is 0 Å². The summed E-state index contributed by atoms with van der Waals surface area (Å²) in [6.07, 6.45) is 4.91. The lowest BCUT2D eigenvalue weighted by molar-refractivity contribution is -0.0735. The molecule has 2 unspecified atom stereocenters. The standard InChI is InChI=1S/C16H20O2S2/c1-19-14-5-3-2-4-13(14)15(17)12-6-8-18-16(10-12)7-9-20-11-16/h2-5,12H,6-11H2,1H3. The molecule has 2 heterocycles. The van der Waals surface area contributed by atoms with Gasteiger partial charge in [0.15, 0.2) is 5.78 Å². The van der Waals surface area contributed by atoms with E-state index in [9.17, 15) is 4.79 Å². The van der Waals surface area contributed by atoms with Crippen molar-refractivity contribution in [1.29, 1.82) is 0 Å². The Bertz CT molecular complexity index is 495. The molecule has 4 heteroatoms. The molecule has 3 rings (SSSR count). The molecule has 2 nitrogen and oxygen atoms in total. The third kappa shape index (κ3) is 2.78. The fourth-order valence-electron chi connectivity index (χ4n) is 3.18. The summed E-state index contributed by atoms with van der Waals surface area (Å²) in [4.78, 5) is 13.9. The van der Waals surface area contributed by atoms with Gasteiger partial charge in [0.05, 0.1) is 5.60 Å². The molecule has 2 fully saturated rings. The second-order valence-corrected chi connectivity index (χ2v) is 7.54. The zero-order valence-electron chi connectivity index (χ0n) is 11.8. The Labute approximate surface area is 129 Å². The summed E-state index contributed by atoms with van der Waals surface area (Å²) in [5.41, 5.74) is 0.880. The Morgan fingerprint density at radius 2 is 2.30 bits per heavy atom. The summed E-state index contributed by atoms with van der Waals surface area (Å²) in [6.45, 7) is 0.735. The first-order chi connectivity index (χ1) is 9.74. The monoisotopic (exact) mass is 308 g/mol. The maximum Gasteiger partial charge on any atom is 0.167 e. The number of hydrogen-bond acceptors (Lipinski definition) is 4. The number of carbonyl (C=O) groups excluding carboxylic acids is 1. The maximum absolute atomic E-state index is 12.8. The Hall–Kier alpha value is -0.450. The Balaban J connectivity index is 1.79. The van der Waals surface area contributed by atoms with Crippen molar-refractivity contribution in [1.82, 2.24) is 0 Å². The molecule has 2 saturated heterocycles. The molecule has 0 radical (unpaired) electrons. The van der Waals surface area contributed by atoms with E-state index in [1.807, 2.05) is 42.3 Å². The summed E-state index contributed by atoms with van der Waals surface area (Å²) in [6, 6.07) is 7.98. The molecular formula is C16H20O2S2. The topological polar surface area (TPSA) is 26.3 Å². The van der Waals surface area contributed by atoms with Gasteiger partial charge in [0.2, 0.25) is 0 Å². The van der Waals surface area contributed by atoms with E-state index in [2.05, 4.69) is 0 Å². The van der Waals surface area contributed by atoms with Gasteiger partial charge in [-0.2, -0.15) is 11.8 Å². The summed E-state index contributed by atoms with van der Waals surface area (Å²) >= 11 is 3.61. The predicted molar refractivity (Wildman–Crippen MR) is 85.9 cm³/mol. The lowest BCUT2D eigenvalue weighted by Crippen LogP contribution is -2.42. The summed E-state index contributed by atoms with van der Waals surface area (Å²) in [5, 5.41) is 0. The van der Waals surface area contributed by atoms with E-state index in [4.69, 9.17) is 4.74 Å². The Kier molecular flexibility index (Phi) is 4.43. The average molecular weight is 308 g/mol. The SMILES string of the molecule is CSc1ccccc1C(=O)C1CCOC2(CCSC2)C1. The van der Waals surface area contributed by atoms with E-state index in [-0.39, 0.29) is 11.5 Å². The van der Waals surface area contributed by atoms with Crippen molar-refractivity contribution < 1.29 is 9.53 Å². The third-order valence-electron chi connectivity index (χ3n) is 4.30. The molecule has 20 heavy (non-hydrogen) atoms. The van der Waals surface area contributed by atoms with E-state index >= 15 is 0 Å². The van der Waals surface area contributed by atoms with Crippen LogP contribution in [0, 0.1) is 5.92 Å². The molecule has 0 saturated carbocycles. The summed E-state index contributed by atoms with van der Waals surface area (Å²) < 4.78 is 6.02. The van der Waals surface area contributed by atoms with Gasteiger partial charge < -0.3 is 4.74 Å². The van der Waals surface area contributed by atoms with E-state index in [1.54, 1.807) is 11.8 Å². The number of benzene rings is 1. The van der Waals surface area contributed by atoms with E-state index in [1.165, 1.54) is 5.75 Å². The number of ketones is 1. The minimum atomic E-state index is -0.0163. The van der Waals surface area contributed by atoms with Crippen molar-refractivity contribution in [2.24, 2.45) is 5.92 Å². The minimum Gasteiger partial charge on any atom is -0.374 e. The highest BCUT2D eigenvalue weighted by Crippen LogP contribution is 2.41. The second-order valence-electron chi connectivity index (χ2n) is 5.59. The van der Waals surface area contributed by atoms with E-state index in [0.29, 0.717) is 5.78 Å². The van der Waals surface area contributed by atoms with Gasteiger partial charge in [0, 0.05) is 28.7 Å². The number of Topliss-reactive ketones (excluding diaryl/α,β-unsaturated/α-hetero) is 1. The maximum atomic E-state index is 12.8. The molecule has 0 aliphatic carbocycles. The Morgan fingerprint density at radius 3 is 3.05 bits per heavy atom. The van der Waals surface area contributed by atoms with Crippen molar-refractivity contribution in [3.05, 3.63) is 29.8 Å². The molecule has 2 atom stereocenters. The van der Waals surface area contributed by atoms with Crippen LogP contribution in [-0.2, 0) is 4.74 Å². The van der Waals surface area contributed by atoms with E-state index < -0.39 is 0 Å². The van der Waals surface area contributed by atoms with Gasteiger partial charge in [0.1, 0.15) is 0 Å². The molecule has 0 bridgehead atoms. The molecule has 1 aromatic rings. The van der Waals surface area contributed by atoms with Crippen molar-refractivity contribution >= 4 is 29.3 Å². The van der Waals surface area contributed by atoms with Crippen LogP contribution in [0.15, 0.2) is 29.2 Å². The van der Waals surface area contributed by atoms with Crippen LogP contribution in [0.3, 0.4) is 0 Å². The number of rotatable bonds is 3. The van der Waals surface area contributed by atoms with Crippen molar-refractivity contribution in [3.63, 3.8) is 0 Å². The average Bonchev–Trinajstić information content (AvgIpc) is 2.94. The number of ether oxygens (including phenoxy) is 1. The van der Waals surface area contributed by atoms with Crippen molar-refractivity contribution in [3.8, 4) is 0 Å². The first-order valence-electron chi connectivity index (χ1n) is 7.13. The van der Waals surface area contributed by atoms with Gasteiger partial charge in [-0.1, -0.05) is 18.2 Å². The van der Waals surface area contributed by atoms with Crippen LogP contribution in [0.25, 0.3) is 0 Å². The van der Waals surface area contributed by atoms with Crippen LogP contribution in [-0.4, -0.2) is 35.8 Å². The van der Waals surface area contributed by atoms with Gasteiger partial charge in [-0.15, -0.1) is 11.8 Å². The zero-order valence-corrected chi connectivity index (χ0v) is 13.4. The van der Waals surface area contributed by atoms with Gasteiger partial charge in [-0.3, -0.25) is 4.79 Å².